The van der Waals surface area contributed by atoms with Crippen molar-refractivity contribution in [2.75, 3.05) is 13.1 Å². The lowest BCUT2D eigenvalue weighted by Crippen LogP contribution is -2.30. The van der Waals surface area contributed by atoms with Gasteiger partial charge < -0.3 is 5.11 Å². The quantitative estimate of drug-likeness (QED) is 0.641. The van der Waals surface area contributed by atoms with Crippen LogP contribution >= 0.6 is 0 Å². The monoisotopic (exact) mass is 365 g/mol. The molecule has 3 rings (SSSR count). The van der Waals surface area contributed by atoms with Gasteiger partial charge in [-0.2, -0.15) is 4.31 Å². The maximum Gasteiger partial charge on any atom is 0.308 e. The zero-order valence-corrected chi connectivity index (χ0v) is 14.0. The Labute approximate surface area is 143 Å². The summed E-state index contributed by atoms with van der Waals surface area (Å²) in [5.41, 5.74) is -0.233. The third-order valence-electron chi connectivity index (χ3n) is 4.42. The van der Waals surface area contributed by atoms with Crippen LogP contribution in [0.4, 0.5) is 5.69 Å². The minimum Gasteiger partial charge on any atom is -0.481 e. The van der Waals surface area contributed by atoms with Gasteiger partial charge in [0.15, 0.2) is 0 Å². The van der Waals surface area contributed by atoms with Gasteiger partial charge in [0.1, 0.15) is 4.90 Å². The smallest absolute Gasteiger partial charge is 0.308 e. The molecule has 1 N–H and O–H groups in total. The highest BCUT2D eigenvalue weighted by atomic mass is 32.2. The molecule has 1 aromatic carbocycles. The third kappa shape index (κ3) is 2.83. The van der Waals surface area contributed by atoms with Gasteiger partial charge in [-0.15, -0.1) is 0 Å². The van der Waals surface area contributed by atoms with Crippen LogP contribution in [0.2, 0.25) is 0 Å². The summed E-state index contributed by atoms with van der Waals surface area (Å²) in [7, 11) is -4.02. The van der Waals surface area contributed by atoms with E-state index < -0.39 is 26.8 Å². The number of benzene rings is 1. The summed E-state index contributed by atoms with van der Waals surface area (Å²) in [4.78, 5) is 25.6. The van der Waals surface area contributed by atoms with Crippen LogP contribution in [0.15, 0.2) is 35.4 Å². The summed E-state index contributed by atoms with van der Waals surface area (Å²) in [6, 6.07) is 5.21. The van der Waals surface area contributed by atoms with Crippen LogP contribution in [0, 0.1) is 22.0 Å². The van der Waals surface area contributed by atoms with E-state index in [0.717, 1.165) is 16.4 Å². The van der Waals surface area contributed by atoms with E-state index in [2.05, 4.69) is 4.98 Å². The van der Waals surface area contributed by atoms with Crippen LogP contribution in [-0.4, -0.2) is 46.8 Å². The van der Waals surface area contributed by atoms with Gasteiger partial charge in [-0.25, -0.2) is 8.42 Å². The summed E-state index contributed by atoms with van der Waals surface area (Å²) in [5, 5.41) is 20.5. The van der Waals surface area contributed by atoms with Gasteiger partial charge in [0.2, 0.25) is 10.0 Å². The van der Waals surface area contributed by atoms with E-state index in [1.807, 2.05) is 0 Å². The van der Waals surface area contributed by atoms with Crippen LogP contribution < -0.4 is 0 Å². The van der Waals surface area contributed by atoms with E-state index in [0.29, 0.717) is 0 Å². The van der Waals surface area contributed by atoms with E-state index in [9.17, 15) is 28.4 Å². The number of sulfonamides is 1. The number of aliphatic carboxylic acids is 1. The Morgan fingerprint density at radius 3 is 2.68 bits per heavy atom. The molecule has 1 fully saturated rings. The number of nitro benzene ring substituents is 1. The maximum atomic E-state index is 13.0. The highest BCUT2D eigenvalue weighted by Crippen LogP contribution is 2.34. The fraction of sp³-hybridized carbons (Fsp3) is 0.333. The molecular formula is C15H15N3O6S. The second kappa shape index (κ2) is 6.05. The number of pyridine rings is 1. The Kier molecular flexibility index (Phi) is 4.17. The van der Waals surface area contributed by atoms with Gasteiger partial charge in [-0.1, -0.05) is 6.92 Å². The van der Waals surface area contributed by atoms with Crippen LogP contribution in [0.5, 0.6) is 0 Å². The van der Waals surface area contributed by atoms with Crippen molar-refractivity contribution in [3.8, 4) is 0 Å². The first-order chi connectivity index (χ1) is 11.7. The molecule has 1 aliphatic heterocycles. The molecule has 0 spiro atoms. The topological polar surface area (TPSA) is 131 Å². The van der Waals surface area contributed by atoms with Gasteiger partial charge in [0.25, 0.3) is 5.69 Å². The molecule has 2 atom stereocenters. The molecule has 0 bridgehead atoms. The predicted molar refractivity (Wildman–Crippen MR) is 87.4 cm³/mol. The number of nitrogens with zero attached hydrogens (tertiary/aromatic N) is 3. The van der Waals surface area contributed by atoms with Crippen molar-refractivity contribution in [1.29, 1.82) is 0 Å². The zero-order chi connectivity index (χ0) is 18.4. The number of aromatic nitrogens is 1. The summed E-state index contributed by atoms with van der Waals surface area (Å²) >= 11 is 0. The zero-order valence-electron chi connectivity index (χ0n) is 13.2. The molecule has 0 aliphatic carbocycles. The summed E-state index contributed by atoms with van der Waals surface area (Å²) < 4.78 is 27.0. The Bertz CT molecular complexity index is 974. The highest BCUT2D eigenvalue weighted by Gasteiger charge is 2.41. The minimum atomic E-state index is -4.02. The van der Waals surface area contributed by atoms with E-state index in [4.69, 9.17) is 0 Å². The molecule has 25 heavy (non-hydrogen) atoms. The number of rotatable bonds is 4. The summed E-state index contributed by atoms with van der Waals surface area (Å²) in [6.07, 6.45) is 1.36. The van der Waals surface area contributed by atoms with E-state index >= 15 is 0 Å². The van der Waals surface area contributed by atoms with Crippen molar-refractivity contribution in [3.63, 3.8) is 0 Å². The van der Waals surface area contributed by atoms with Crippen molar-refractivity contribution < 1.29 is 23.2 Å². The van der Waals surface area contributed by atoms with Crippen molar-refractivity contribution in [1.82, 2.24) is 9.29 Å². The second-order valence-corrected chi connectivity index (χ2v) is 7.89. The van der Waals surface area contributed by atoms with E-state index in [-0.39, 0.29) is 40.5 Å². The molecule has 10 heteroatoms. The number of hydrogen-bond acceptors (Lipinski definition) is 6. The van der Waals surface area contributed by atoms with Crippen LogP contribution in [0.25, 0.3) is 10.9 Å². The van der Waals surface area contributed by atoms with Crippen molar-refractivity contribution in [3.05, 3.63) is 40.6 Å². The largest absolute Gasteiger partial charge is 0.481 e. The number of nitro groups is 1. The SMILES string of the molecule is C[C@@H]1CN(S(=O)(=O)c2ccc([N+](=O)[O-])c3cccnc23)C[C@H]1C(=O)O. The fourth-order valence-corrected chi connectivity index (χ4v) is 4.79. The fourth-order valence-electron chi connectivity index (χ4n) is 3.08. The van der Waals surface area contributed by atoms with Crippen molar-refractivity contribution >= 4 is 32.6 Å². The Balaban J connectivity index is 2.12. The highest BCUT2D eigenvalue weighted by molar-refractivity contribution is 7.89. The van der Waals surface area contributed by atoms with Gasteiger partial charge in [0.05, 0.1) is 21.7 Å². The maximum absolute atomic E-state index is 13.0. The molecule has 0 amide bonds. The molecule has 0 saturated carbocycles. The summed E-state index contributed by atoms with van der Waals surface area (Å²) in [5.74, 6) is -2.16. The third-order valence-corrected chi connectivity index (χ3v) is 6.28. The summed E-state index contributed by atoms with van der Waals surface area (Å²) in [6.45, 7) is 1.62. The number of hydrogen-bond donors (Lipinski definition) is 1. The number of non-ortho nitro benzene ring substituents is 1. The first-order valence-electron chi connectivity index (χ1n) is 7.48. The average Bonchev–Trinajstić information content (AvgIpc) is 2.96. The first-order valence-corrected chi connectivity index (χ1v) is 8.92. The average molecular weight is 365 g/mol. The lowest BCUT2D eigenvalue weighted by Gasteiger charge is -2.17. The van der Waals surface area contributed by atoms with Gasteiger partial charge in [-0.3, -0.25) is 19.9 Å². The second-order valence-electron chi connectivity index (χ2n) is 5.98. The molecule has 2 heterocycles. The Morgan fingerprint density at radius 2 is 2.08 bits per heavy atom. The standard InChI is InChI=1S/C15H15N3O6S/c1-9-7-17(8-11(9)15(19)20)25(23,24)13-5-4-12(18(21)22)10-3-2-6-16-14(10)13/h2-6,9,11H,7-8H2,1H3,(H,19,20)/t9-,11-/m1/s1. The van der Waals surface area contributed by atoms with Crippen LogP contribution in [-0.2, 0) is 14.8 Å². The minimum absolute atomic E-state index is 0.00290. The normalized spacial score (nSPS) is 21.5. The van der Waals surface area contributed by atoms with Crippen LogP contribution in [0.1, 0.15) is 6.92 Å². The Morgan fingerprint density at radius 1 is 1.36 bits per heavy atom. The van der Waals surface area contributed by atoms with Crippen molar-refractivity contribution in [2.24, 2.45) is 11.8 Å². The molecule has 1 aromatic heterocycles. The molecule has 1 aliphatic rings. The molecule has 9 nitrogen and oxygen atoms in total. The van der Waals surface area contributed by atoms with Crippen LogP contribution in [0.3, 0.4) is 0 Å². The number of carboxylic acids is 1. The molecular weight excluding hydrogens is 350 g/mol. The molecule has 0 radical (unpaired) electrons. The first kappa shape index (κ1) is 17.2. The lowest BCUT2D eigenvalue weighted by molar-refractivity contribution is -0.383. The number of carboxylic acid groups (broad SMARTS) is 1. The van der Waals surface area contributed by atoms with Gasteiger partial charge >= 0.3 is 5.97 Å². The lowest BCUT2D eigenvalue weighted by atomic mass is 9.99. The Hall–Kier alpha value is -2.59. The predicted octanol–water partition coefficient (Wildman–Crippen LogP) is 1.48. The molecule has 0 unspecified atom stereocenters. The van der Waals surface area contributed by atoms with E-state index in [1.54, 1.807) is 6.92 Å². The molecule has 1 saturated heterocycles. The van der Waals surface area contributed by atoms with Gasteiger partial charge in [0, 0.05) is 25.4 Å². The number of fused-ring (bicyclic) bond motifs is 1. The molecule has 132 valence electrons. The molecule has 2 aromatic rings. The van der Waals surface area contributed by atoms with E-state index in [1.165, 1.54) is 18.3 Å². The number of carbonyl (C=O) groups is 1. The van der Waals surface area contributed by atoms with Crippen molar-refractivity contribution in [2.45, 2.75) is 11.8 Å². The van der Waals surface area contributed by atoms with Gasteiger partial charge in [-0.05, 0) is 24.1 Å².